The molecule has 2 N–H and O–H groups in total. The fraction of sp³-hybridized carbons (Fsp3) is 0.529. The van der Waals surface area contributed by atoms with Gasteiger partial charge >= 0.3 is 0 Å². The maximum Gasteiger partial charge on any atom is 0.251 e. The van der Waals surface area contributed by atoms with Crippen molar-refractivity contribution in [3.8, 4) is 11.5 Å². The number of amides is 2. The maximum absolute atomic E-state index is 12.1. The third-order valence-electron chi connectivity index (χ3n) is 3.53. The zero-order chi connectivity index (χ0) is 16.7. The molecule has 23 heavy (non-hydrogen) atoms. The van der Waals surface area contributed by atoms with Gasteiger partial charge in [0.2, 0.25) is 5.91 Å². The van der Waals surface area contributed by atoms with Crippen molar-refractivity contribution in [3.63, 3.8) is 0 Å². The molecule has 0 atom stereocenters. The van der Waals surface area contributed by atoms with Gasteiger partial charge in [0.1, 0.15) is 0 Å². The molecule has 1 saturated carbocycles. The van der Waals surface area contributed by atoms with Gasteiger partial charge in [0, 0.05) is 11.6 Å². The zero-order valence-corrected chi connectivity index (χ0v) is 13.7. The number of nitrogens with one attached hydrogen (secondary N) is 2. The molecule has 0 heterocycles. The summed E-state index contributed by atoms with van der Waals surface area (Å²) in [6.45, 7) is 2.68. The number of methoxy groups -OCH3 is 1. The van der Waals surface area contributed by atoms with Crippen LogP contribution in [0.5, 0.6) is 11.5 Å². The van der Waals surface area contributed by atoms with Crippen LogP contribution in [0.25, 0.3) is 0 Å². The standard InChI is InChI=1S/C17H24N2O4/c1-3-4-9-23-14-8-5-12(10-15(14)22-2)17(21)18-11-16(20)19-13-6-7-13/h5,8,10,13H,3-4,6-7,9,11H2,1-2H3,(H,18,21)(H,19,20). The molecule has 1 aromatic rings. The summed E-state index contributed by atoms with van der Waals surface area (Å²) >= 11 is 0. The third kappa shape index (κ3) is 5.47. The van der Waals surface area contributed by atoms with Crippen molar-refractivity contribution >= 4 is 11.8 Å². The quantitative estimate of drug-likeness (QED) is 0.681. The minimum atomic E-state index is -0.311. The molecule has 0 spiro atoms. The van der Waals surface area contributed by atoms with Crippen molar-refractivity contribution in [2.24, 2.45) is 0 Å². The van der Waals surface area contributed by atoms with Crippen LogP contribution in [0.15, 0.2) is 18.2 Å². The molecule has 6 heteroatoms. The number of ether oxygens (including phenoxy) is 2. The molecule has 2 rings (SSSR count). The molecule has 1 aliphatic carbocycles. The van der Waals surface area contributed by atoms with E-state index in [1.54, 1.807) is 18.2 Å². The first-order valence-electron chi connectivity index (χ1n) is 8.02. The van der Waals surface area contributed by atoms with Crippen LogP contribution in [0.4, 0.5) is 0 Å². The van der Waals surface area contributed by atoms with Gasteiger partial charge in [-0.15, -0.1) is 0 Å². The molecule has 1 fully saturated rings. The molecule has 0 radical (unpaired) electrons. The summed E-state index contributed by atoms with van der Waals surface area (Å²) in [5, 5.41) is 5.43. The third-order valence-corrected chi connectivity index (χ3v) is 3.53. The average molecular weight is 320 g/mol. The molecule has 0 saturated heterocycles. The second kappa shape index (κ2) is 8.41. The first-order chi connectivity index (χ1) is 11.1. The van der Waals surface area contributed by atoms with Crippen LogP contribution in [0, 0.1) is 0 Å². The van der Waals surface area contributed by atoms with Crippen molar-refractivity contribution in [3.05, 3.63) is 23.8 Å². The fourth-order valence-electron chi connectivity index (χ4n) is 2.02. The molecular weight excluding hydrogens is 296 g/mol. The van der Waals surface area contributed by atoms with E-state index in [2.05, 4.69) is 17.6 Å². The van der Waals surface area contributed by atoms with E-state index < -0.39 is 0 Å². The molecule has 0 unspecified atom stereocenters. The van der Waals surface area contributed by atoms with Gasteiger partial charge in [0.25, 0.3) is 5.91 Å². The second-order valence-electron chi connectivity index (χ2n) is 5.59. The van der Waals surface area contributed by atoms with Crippen molar-refractivity contribution in [1.29, 1.82) is 0 Å². The Morgan fingerprint density at radius 2 is 2.04 bits per heavy atom. The normalized spacial score (nSPS) is 13.3. The Hall–Kier alpha value is -2.24. The minimum absolute atomic E-state index is 0.0214. The predicted octanol–water partition coefficient (Wildman–Crippen LogP) is 1.88. The van der Waals surface area contributed by atoms with Crippen LogP contribution in [0.2, 0.25) is 0 Å². The summed E-state index contributed by atoms with van der Waals surface area (Å²) in [5.74, 6) is 0.654. The van der Waals surface area contributed by atoms with Gasteiger partial charge in [-0.05, 0) is 37.5 Å². The number of hydrogen-bond acceptors (Lipinski definition) is 4. The van der Waals surface area contributed by atoms with Crippen molar-refractivity contribution in [2.75, 3.05) is 20.3 Å². The SMILES string of the molecule is CCCCOc1ccc(C(=O)NCC(=O)NC2CC2)cc1OC. The number of benzene rings is 1. The molecule has 0 aromatic heterocycles. The Labute approximate surface area is 136 Å². The first-order valence-corrected chi connectivity index (χ1v) is 8.02. The number of carbonyl (C=O) groups is 2. The lowest BCUT2D eigenvalue weighted by Crippen LogP contribution is -2.37. The van der Waals surface area contributed by atoms with Crippen LogP contribution in [-0.2, 0) is 4.79 Å². The van der Waals surface area contributed by atoms with E-state index >= 15 is 0 Å². The molecule has 6 nitrogen and oxygen atoms in total. The Balaban J connectivity index is 1.89. The van der Waals surface area contributed by atoms with Gasteiger partial charge < -0.3 is 20.1 Å². The highest BCUT2D eigenvalue weighted by Crippen LogP contribution is 2.28. The molecule has 1 aromatic carbocycles. The summed E-state index contributed by atoms with van der Waals surface area (Å²) in [6.07, 6.45) is 4.06. The Bertz CT molecular complexity index is 556. The first kappa shape index (κ1) is 17.1. The van der Waals surface area contributed by atoms with Crippen LogP contribution in [0.1, 0.15) is 43.0 Å². The highest BCUT2D eigenvalue weighted by Gasteiger charge is 2.23. The molecule has 0 aliphatic heterocycles. The van der Waals surface area contributed by atoms with Crippen molar-refractivity contribution < 1.29 is 19.1 Å². The largest absolute Gasteiger partial charge is 0.493 e. The summed E-state index contributed by atoms with van der Waals surface area (Å²) < 4.78 is 10.9. The van der Waals surface area contributed by atoms with E-state index in [1.165, 1.54) is 7.11 Å². The fourth-order valence-corrected chi connectivity index (χ4v) is 2.02. The van der Waals surface area contributed by atoms with Crippen molar-refractivity contribution in [1.82, 2.24) is 10.6 Å². The van der Waals surface area contributed by atoms with Gasteiger partial charge in [0.05, 0.1) is 20.3 Å². The second-order valence-corrected chi connectivity index (χ2v) is 5.59. The van der Waals surface area contributed by atoms with Gasteiger partial charge in [-0.2, -0.15) is 0 Å². The smallest absolute Gasteiger partial charge is 0.251 e. The monoisotopic (exact) mass is 320 g/mol. The number of carbonyl (C=O) groups excluding carboxylic acids is 2. The molecular formula is C17H24N2O4. The summed E-state index contributed by atoms with van der Waals surface area (Å²) in [6, 6.07) is 5.29. The zero-order valence-electron chi connectivity index (χ0n) is 13.7. The van der Waals surface area contributed by atoms with E-state index in [4.69, 9.17) is 9.47 Å². The van der Waals surface area contributed by atoms with E-state index in [-0.39, 0.29) is 18.4 Å². The van der Waals surface area contributed by atoms with Crippen LogP contribution < -0.4 is 20.1 Å². The topological polar surface area (TPSA) is 76.7 Å². The van der Waals surface area contributed by atoms with Crippen LogP contribution >= 0.6 is 0 Å². The van der Waals surface area contributed by atoms with E-state index in [0.717, 1.165) is 25.7 Å². The maximum atomic E-state index is 12.1. The van der Waals surface area contributed by atoms with Gasteiger partial charge in [-0.3, -0.25) is 9.59 Å². The van der Waals surface area contributed by atoms with Gasteiger partial charge in [-0.25, -0.2) is 0 Å². The Morgan fingerprint density at radius 1 is 1.26 bits per heavy atom. The van der Waals surface area contributed by atoms with Crippen LogP contribution in [0.3, 0.4) is 0 Å². The molecule has 1 aliphatic rings. The van der Waals surface area contributed by atoms with E-state index in [0.29, 0.717) is 29.7 Å². The predicted molar refractivity (Wildman–Crippen MR) is 86.9 cm³/mol. The molecule has 2 amide bonds. The lowest BCUT2D eigenvalue weighted by Gasteiger charge is -2.12. The highest BCUT2D eigenvalue weighted by atomic mass is 16.5. The summed E-state index contributed by atoms with van der Waals surface area (Å²) in [5.41, 5.74) is 0.434. The van der Waals surface area contributed by atoms with Gasteiger partial charge in [-0.1, -0.05) is 13.3 Å². The highest BCUT2D eigenvalue weighted by molar-refractivity contribution is 5.97. The number of unbranched alkanes of at least 4 members (excludes halogenated alkanes) is 1. The van der Waals surface area contributed by atoms with E-state index in [9.17, 15) is 9.59 Å². The number of rotatable bonds is 9. The molecule has 0 bridgehead atoms. The lowest BCUT2D eigenvalue weighted by atomic mass is 10.2. The molecule has 126 valence electrons. The summed E-state index contributed by atoms with van der Waals surface area (Å²) in [4.78, 5) is 23.7. The Kier molecular flexibility index (Phi) is 6.26. The Morgan fingerprint density at radius 3 is 2.70 bits per heavy atom. The summed E-state index contributed by atoms with van der Waals surface area (Å²) in [7, 11) is 1.53. The van der Waals surface area contributed by atoms with Gasteiger partial charge in [0.15, 0.2) is 11.5 Å². The van der Waals surface area contributed by atoms with Crippen LogP contribution in [-0.4, -0.2) is 38.1 Å². The average Bonchev–Trinajstić information content (AvgIpc) is 3.37. The number of hydrogen-bond donors (Lipinski definition) is 2. The van der Waals surface area contributed by atoms with Crippen molar-refractivity contribution in [2.45, 2.75) is 38.6 Å². The minimum Gasteiger partial charge on any atom is -0.493 e. The van der Waals surface area contributed by atoms with E-state index in [1.807, 2.05) is 0 Å². The lowest BCUT2D eigenvalue weighted by molar-refractivity contribution is -0.120.